The van der Waals surface area contributed by atoms with Crippen molar-refractivity contribution in [1.29, 1.82) is 5.26 Å². The molecule has 0 spiro atoms. The fourth-order valence-corrected chi connectivity index (χ4v) is 3.76. The van der Waals surface area contributed by atoms with Crippen LogP contribution in [0.2, 0.25) is 0 Å². The third-order valence-electron chi connectivity index (χ3n) is 5.36. The van der Waals surface area contributed by atoms with E-state index in [4.69, 9.17) is 19.9 Å². The Morgan fingerprint density at radius 3 is 2.48 bits per heavy atom. The number of nitrogens with two attached hydrogens (primary N) is 1. The molecule has 3 aromatic rings. The molecule has 0 radical (unpaired) electrons. The third-order valence-corrected chi connectivity index (χ3v) is 5.36. The Balaban J connectivity index is 1.93. The van der Waals surface area contributed by atoms with Gasteiger partial charge in [-0.05, 0) is 35.9 Å². The van der Waals surface area contributed by atoms with Gasteiger partial charge in [-0.1, -0.05) is 12.1 Å². The van der Waals surface area contributed by atoms with Crippen LogP contribution >= 0.6 is 0 Å². The molecular weight excluding hydrogens is 394 g/mol. The standard InChI is InChI=1S/C23H23N5O3/c1-28(2)14-7-5-13(6-8-14)19-17(12-24)22(25)31-23-20(19)21(26-27-23)16-11-15(29-3)9-10-18(16)30-4/h5-11,19H,25H2,1-4H3,(H,26,27). The quantitative estimate of drug-likeness (QED) is 0.655. The number of ether oxygens (including phenoxy) is 3. The van der Waals surface area contributed by atoms with Gasteiger partial charge < -0.3 is 24.8 Å². The topological polar surface area (TPSA) is 109 Å². The van der Waals surface area contributed by atoms with Gasteiger partial charge in [-0.3, -0.25) is 5.10 Å². The van der Waals surface area contributed by atoms with E-state index in [1.165, 1.54) is 0 Å². The van der Waals surface area contributed by atoms with E-state index in [0.717, 1.165) is 22.4 Å². The van der Waals surface area contributed by atoms with Crippen LogP contribution in [0.1, 0.15) is 17.0 Å². The summed E-state index contributed by atoms with van der Waals surface area (Å²) in [6, 6.07) is 15.7. The average molecular weight is 417 g/mol. The second-order valence-corrected chi connectivity index (χ2v) is 7.29. The molecule has 0 fully saturated rings. The summed E-state index contributed by atoms with van der Waals surface area (Å²) in [5.74, 6) is 1.23. The van der Waals surface area contributed by atoms with Crippen molar-refractivity contribution in [2.75, 3.05) is 33.2 Å². The van der Waals surface area contributed by atoms with E-state index in [-0.39, 0.29) is 5.88 Å². The van der Waals surface area contributed by atoms with Gasteiger partial charge in [-0.2, -0.15) is 5.26 Å². The average Bonchev–Trinajstić information content (AvgIpc) is 3.20. The van der Waals surface area contributed by atoms with Gasteiger partial charge in [0.25, 0.3) is 0 Å². The summed E-state index contributed by atoms with van der Waals surface area (Å²) in [7, 11) is 7.15. The first-order valence-electron chi connectivity index (χ1n) is 9.64. The molecule has 0 saturated carbocycles. The van der Waals surface area contributed by atoms with Crippen LogP contribution in [-0.2, 0) is 0 Å². The van der Waals surface area contributed by atoms with Crippen molar-refractivity contribution >= 4 is 5.69 Å². The first-order valence-corrected chi connectivity index (χ1v) is 9.64. The Morgan fingerprint density at radius 1 is 1.13 bits per heavy atom. The van der Waals surface area contributed by atoms with E-state index in [2.05, 4.69) is 16.3 Å². The Labute approximate surface area is 180 Å². The van der Waals surface area contributed by atoms with Crippen LogP contribution in [0.5, 0.6) is 17.4 Å². The molecular formula is C23H23N5O3. The first-order chi connectivity index (χ1) is 15.0. The maximum Gasteiger partial charge on any atom is 0.244 e. The Kier molecular flexibility index (Phi) is 5.17. The van der Waals surface area contributed by atoms with E-state index in [9.17, 15) is 5.26 Å². The highest BCUT2D eigenvalue weighted by Crippen LogP contribution is 2.47. The van der Waals surface area contributed by atoms with Crippen molar-refractivity contribution in [3.05, 3.63) is 65.0 Å². The number of aromatic nitrogens is 2. The molecule has 1 aliphatic heterocycles. The predicted octanol–water partition coefficient (Wildman–Crippen LogP) is 3.38. The number of hydrogen-bond donors (Lipinski definition) is 2. The molecule has 3 N–H and O–H groups in total. The molecule has 8 heteroatoms. The number of nitriles is 1. The van der Waals surface area contributed by atoms with Gasteiger partial charge in [0, 0.05) is 25.3 Å². The van der Waals surface area contributed by atoms with Gasteiger partial charge in [-0.25, -0.2) is 0 Å². The van der Waals surface area contributed by atoms with Gasteiger partial charge in [0.2, 0.25) is 11.8 Å². The second kappa shape index (κ2) is 7.95. The van der Waals surface area contributed by atoms with Crippen LogP contribution in [0.4, 0.5) is 5.69 Å². The molecule has 4 rings (SSSR count). The van der Waals surface area contributed by atoms with Gasteiger partial charge >= 0.3 is 0 Å². The maximum atomic E-state index is 9.89. The maximum absolute atomic E-state index is 9.89. The number of fused-ring (bicyclic) bond motifs is 1. The summed E-state index contributed by atoms with van der Waals surface area (Å²) in [4.78, 5) is 2.01. The van der Waals surface area contributed by atoms with Gasteiger partial charge in [-0.15, -0.1) is 5.10 Å². The number of hydrogen-bond acceptors (Lipinski definition) is 7. The molecule has 0 bridgehead atoms. The first kappa shape index (κ1) is 20.2. The molecule has 0 aliphatic carbocycles. The fourth-order valence-electron chi connectivity index (χ4n) is 3.76. The molecule has 2 heterocycles. The molecule has 158 valence electrons. The number of allylic oxidation sites excluding steroid dienone is 1. The van der Waals surface area contributed by atoms with Gasteiger partial charge in [0.15, 0.2) is 0 Å². The lowest BCUT2D eigenvalue weighted by molar-refractivity contribution is 0.379. The lowest BCUT2D eigenvalue weighted by atomic mass is 9.83. The van der Waals surface area contributed by atoms with Crippen LogP contribution in [0.25, 0.3) is 11.3 Å². The smallest absolute Gasteiger partial charge is 0.244 e. The molecule has 1 unspecified atom stereocenters. The minimum atomic E-state index is -0.449. The largest absolute Gasteiger partial charge is 0.497 e. The highest BCUT2D eigenvalue weighted by molar-refractivity contribution is 5.76. The summed E-state index contributed by atoms with van der Waals surface area (Å²) < 4.78 is 16.7. The minimum Gasteiger partial charge on any atom is -0.497 e. The van der Waals surface area contributed by atoms with Crippen molar-refractivity contribution < 1.29 is 14.2 Å². The van der Waals surface area contributed by atoms with Crippen molar-refractivity contribution in [2.45, 2.75) is 5.92 Å². The third kappa shape index (κ3) is 3.40. The lowest BCUT2D eigenvalue weighted by Crippen LogP contribution is -2.21. The predicted molar refractivity (Wildman–Crippen MR) is 117 cm³/mol. The minimum absolute atomic E-state index is 0.0485. The van der Waals surface area contributed by atoms with Crippen molar-refractivity contribution in [2.24, 2.45) is 5.73 Å². The monoisotopic (exact) mass is 417 g/mol. The summed E-state index contributed by atoms with van der Waals surface area (Å²) in [6.45, 7) is 0. The van der Waals surface area contributed by atoms with E-state index < -0.39 is 5.92 Å². The van der Waals surface area contributed by atoms with E-state index >= 15 is 0 Å². The number of H-pyrrole nitrogens is 1. The van der Waals surface area contributed by atoms with Crippen LogP contribution in [0, 0.1) is 11.3 Å². The van der Waals surface area contributed by atoms with Crippen molar-refractivity contribution in [1.82, 2.24) is 10.2 Å². The number of anilines is 1. The molecule has 8 nitrogen and oxygen atoms in total. The normalized spacial score (nSPS) is 15.0. The fraction of sp³-hybridized carbons (Fsp3) is 0.217. The van der Waals surface area contributed by atoms with E-state index in [1.54, 1.807) is 14.2 Å². The van der Waals surface area contributed by atoms with E-state index in [0.29, 0.717) is 28.6 Å². The number of aromatic amines is 1. The van der Waals surface area contributed by atoms with Crippen LogP contribution in [-0.4, -0.2) is 38.5 Å². The molecule has 1 aliphatic rings. The van der Waals surface area contributed by atoms with E-state index in [1.807, 2.05) is 61.5 Å². The zero-order valence-electron chi connectivity index (χ0n) is 17.8. The lowest BCUT2D eigenvalue weighted by Gasteiger charge is -2.25. The highest BCUT2D eigenvalue weighted by Gasteiger charge is 2.36. The van der Waals surface area contributed by atoms with Gasteiger partial charge in [0.05, 0.1) is 31.4 Å². The number of benzene rings is 2. The number of rotatable bonds is 5. The number of nitrogens with zero attached hydrogens (tertiary/aromatic N) is 3. The number of methoxy groups -OCH3 is 2. The molecule has 2 aromatic carbocycles. The zero-order chi connectivity index (χ0) is 22.1. The molecule has 0 amide bonds. The van der Waals surface area contributed by atoms with Crippen molar-refractivity contribution in [3.63, 3.8) is 0 Å². The Bertz CT molecular complexity index is 1190. The summed E-state index contributed by atoms with van der Waals surface area (Å²) >= 11 is 0. The molecule has 0 saturated heterocycles. The highest BCUT2D eigenvalue weighted by atomic mass is 16.5. The summed E-state index contributed by atoms with van der Waals surface area (Å²) in [6.07, 6.45) is 0. The summed E-state index contributed by atoms with van der Waals surface area (Å²) in [5.41, 5.74) is 10.5. The summed E-state index contributed by atoms with van der Waals surface area (Å²) in [5, 5.41) is 17.3. The molecule has 1 atom stereocenters. The number of nitrogens with one attached hydrogen (secondary N) is 1. The second-order valence-electron chi connectivity index (χ2n) is 7.29. The molecule has 31 heavy (non-hydrogen) atoms. The van der Waals surface area contributed by atoms with Crippen LogP contribution < -0.4 is 24.8 Å². The van der Waals surface area contributed by atoms with Crippen LogP contribution in [0.3, 0.4) is 0 Å². The Hall–Kier alpha value is -4.12. The van der Waals surface area contributed by atoms with Crippen molar-refractivity contribution in [3.8, 4) is 34.7 Å². The SMILES string of the molecule is COc1ccc(OC)c(-c2[nH]nc3c2C(c2ccc(N(C)C)cc2)C(C#N)=C(N)O3)c1. The zero-order valence-corrected chi connectivity index (χ0v) is 17.8. The Morgan fingerprint density at radius 2 is 1.87 bits per heavy atom. The van der Waals surface area contributed by atoms with Crippen LogP contribution in [0.15, 0.2) is 53.9 Å². The van der Waals surface area contributed by atoms with Gasteiger partial charge in [0.1, 0.15) is 23.1 Å². The molecule has 1 aromatic heterocycles.